The van der Waals surface area contributed by atoms with Gasteiger partial charge >= 0.3 is 0 Å². The molecule has 11 rings (SSSR count). The van der Waals surface area contributed by atoms with Crippen LogP contribution in [0.15, 0.2) is 237 Å². The van der Waals surface area contributed by atoms with E-state index in [0.717, 1.165) is 17.1 Å². The third kappa shape index (κ3) is 6.40. The highest BCUT2D eigenvalue weighted by molar-refractivity contribution is 6.14. The first-order valence-electron chi connectivity index (χ1n) is 20.3. The molecule has 0 saturated heterocycles. The molecule has 0 aliphatic heterocycles. The Hall–Kier alpha value is -7.74. The molecule has 1 heteroatoms. The lowest BCUT2D eigenvalue weighted by molar-refractivity contribution is 1.28. The first-order valence-corrected chi connectivity index (χ1v) is 20.3. The summed E-state index contributed by atoms with van der Waals surface area (Å²) < 4.78 is 0. The molecule has 0 amide bonds. The van der Waals surface area contributed by atoms with Gasteiger partial charge < -0.3 is 4.90 Å². The summed E-state index contributed by atoms with van der Waals surface area (Å²) in [5.74, 6) is 0. The fourth-order valence-corrected chi connectivity index (χ4v) is 8.83. The second-order valence-electron chi connectivity index (χ2n) is 15.3. The van der Waals surface area contributed by atoms with E-state index >= 15 is 0 Å². The number of rotatable bonds is 7. The number of nitrogens with zero attached hydrogens (tertiary/aromatic N) is 1. The molecule has 0 radical (unpaired) electrons. The third-order valence-corrected chi connectivity index (χ3v) is 11.9. The average molecular weight is 750 g/mol. The highest BCUT2D eigenvalue weighted by atomic mass is 15.1. The molecule has 11 aromatic rings. The van der Waals surface area contributed by atoms with Gasteiger partial charge in [-0.15, -0.1) is 0 Å². The van der Waals surface area contributed by atoms with Gasteiger partial charge in [-0.25, -0.2) is 0 Å². The van der Waals surface area contributed by atoms with Gasteiger partial charge in [-0.2, -0.15) is 0 Å². The highest BCUT2D eigenvalue weighted by Crippen LogP contribution is 2.40. The third-order valence-electron chi connectivity index (χ3n) is 11.9. The Bertz CT molecular complexity index is 3280. The minimum atomic E-state index is 1.10. The fraction of sp³-hybridized carbons (Fsp3) is 0. The number of anilines is 3. The zero-order chi connectivity index (χ0) is 39.1. The summed E-state index contributed by atoms with van der Waals surface area (Å²) in [6, 6.07) is 86.2. The van der Waals surface area contributed by atoms with Gasteiger partial charge in [0.1, 0.15) is 0 Å². The van der Waals surface area contributed by atoms with Crippen molar-refractivity contribution in [1.82, 2.24) is 0 Å². The molecule has 0 spiro atoms. The maximum Gasteiger partial charge on any atom is 0.0462 e. The Kier molecular flexibility index (Phi) is 8.56. The van der Waals surface area contributed by atoms with Crippen LogP contribution in [0.2, 0.25) is 0 Å². The smallest absolute Gasteiger partial charge is 0.0462 e. The van der Waals surface area contributed by atoms with Crippen molar-refractivity contribution in [1.29, 1.82) is 0 Å². The molecule has 0 bridgehead atoms. The highest BCUT2D eigenvalue weighted by Gasteiger charge is 2.15. The molecule has 0 aromatic heterocycles. The Balaban J connectivity index is 0.941. The van der Waals surface area contributed by atoms with Crippen LogP contribution in [0.5, 0.6) is 0 Å². The Labute approximate surface area is 344 Å². The van der Waals surface area contributed by atoms with Gasteiger partial charge in [0.15, 0.2) is 0 Å². The van der Waals surface area contributed by atoms with Crippen LogP contribution in [0, 0.1) is 0 Å². The lowest BCUT2D eigenvalue weighted by Crippen LogP contribution is -2.09. The van der Waals surface area contributed by atoms with Crippen LogP contribution in [0.25, 0.3) is 87.6 Å². The number of benzene rings is 11. The Morgan fingerprint density at radius 1 is 0.220 bits per heavy atom. The Morgan fingerprint density at radius 2 is 0.610 bits per heavy atom. The van der Waals surface area contributed by atoms with E-state index in [2.05, 4.69) is 241 Å². The van der Waals surface area contributed by atoms with Gasteiger partial charge in [0.25, 0.3) is 0 Å². The predicted molar refractivity (Wildman–Crippen MR) is 253 cm³/mol. The second-order valence-corrected chi connectivity index (χ2v) is 15.3. The van der Waals surface area contributed by atoms with E-state index in [0.29, 0.717) is 0 Å². The summed E-state index contributed by atoms with van der Waals surface area (Å²) in [6.07, 6.45) is 0. The topological polar surface area (TPSA) is 3.24 Å². The van der Waals surface area contributed by atoms with E-state index in [1.54, 1.807) is 0 Å². The van der Waals surface area contributed by atoms with Crippen LogP contribution in [-0.4, -0.2) is 0 Å². The number of hydrogen-bond donors (Lipinski definition) is 0. The number of hydrogen-bond acceptors (Lipinski definition) is 1. The molecule has 0 aliphatic carbocycles. The number of fused-ring (bicyclic) bond motifs is 5. The Morgan fingerprint density at radius 3 is 1.27 bits per heavy atom. The summed E-state index contributed by atoms with van der Waals surface area (Å²) in [5, 5.41) is 10.1. The monoisotopic (exact) mass is 749 g/mol. The fourth-order valence-electron chi connectivity index (χ4n) is 8.83. The maximum absolute atomic E-state index is 2.36. The van der Waals surface area contributed by atoms with Crippen molar-refractivity contribution >= 4 is 60.2 Å². The summed E-state index contributed by atoms with van der Waals surface area (Å²) in [4.78, 5) is 2.36. The van der Waals surface area contributed by atoms with E-state index in [9.17, 15) is 0 Å². The minimum Gasteiger partial charge on any atom is -0.311 e. The first-order chi connectivity index (χ1) is 29.2. The maximum atomic E-state index is 2.36. The molecule has 0 heterocycles. The molecule has 0 atom stereocenters. The van der Waals surface area contributed by atoms with Crippen molar-refractivity contribution in [3.63, 3.8) is 0 Å². The van der Waals surface area contributed by atoms with E-state index < -0.39 is 0 Å². The average Bonchev–Trinajstić information content (AvgIpc) is 3.32. The molecule has 276 valence electrons. The van der Waals surface area contributed by atoms with Gasteiger partial charge in [-0.3, -0.25) is 0 Å². The minimum absolute atomic E-state index is 1.10. The van der Waals surface area contributed by atoms with Crippen LogP contribution in [0.3, 0.4) is 0 Å². The van der Waals surface area contributed by atoms with Crippen molar-refractivity contribution in [2.45, 2.75) is 0 Å². The molecule has 0 aliphatic rings. The SMILES string of the molecule is c1ccc2cc(-c3ccc(N(c4ccc(-c5ccc(-c6cccc7ccc8ccccc8c67)cc5)cc4)c4ccc(-c5cccc6ccccc56)cc4)cc3)ccc2c1. The van der Waals surface area contributed by atoms with Crippen LogP contribution in [0.1, 0.15) is 0 Å². The summed E-state index contributed by atoms with van der Waals surface area (Å²) in [6.45, 7) is 0. The zero-order valence-corrected chi connectivity index (χ0v) is 32.5. The molecule has 0 N–H and O–H groups in total. The lowest BCUT2D eigenvalue weighted by Gasteiger charge is -2.26. The summed E-state index contributed by atoms with van der Waals surface area (Å²) in [7, 11) is 0. The largest absolute Gasteiger partial charge is 0.311 e. The van der Waals surface area contributed by atoms with Gasteiger partial charge in [-0.05, 0) is 130 Å². The van der Waals surface area contributed by atoms with E-state index in [1.807, 2.05) is 0 Å². The molecule has 11 aromatic carbocycles. The quantitative estimate of drug-likeness (QED) is 0.147. The molecule has 0 unspecified atom stereocenters. The van der Waals surface area contributed by atoms with Crippen molar-refractivity contribution in [3.05, 3.63) is 237 Å². The standard InChI is InChI=1S/C58H39N/c1-2-12-49-39-50(26-21-40(49)9-1)43-29-35-52(36-30-43)59(53-37-31-46(32-38-53)55-17-7-13-44-10-3-5-15-54(44)55)51-33-27-42(28-34-51)41-19-22-47(23-20-41)57-18-8-14-48-25-24-45-11-4-6-16-56(45)58(48)57/h1-39H. The summed E-state index contributed by atoms with van der Waals surface area (Å²) >= 11 is 0. The van der Waals surface area contributed by atoms with Gasteiger partial charge in [0, 0.05) is 17.1 Å². The molecule has 0 saturated carbocycles. The zero-order valence-electron chi connectivity index (χ0n) is 32.5. The van der Waals surface area contributed by atoms with E-state index in [4.69, 9.17) is 0 Å². The second kappa shape index (κ2) is 14.6. The van der Waals surface area contributed by atoms with Gasteiger partial charge in [-0.1, -0.05) is 194 Å². The molecule has 59 heavy (non-hydrogen) atoms. The van der Waals surface area contributed by atoms with Crippen LogP contribution >= 0.6 is 0 Å². The van der Waals surface area contributed by atoms with E-state index in [-0.39, 0.29) is 0 Å². The van der Waals surface area contributed by atoms with Crippen molar-refractivity contribution < 1.29 is 0 Å². The predicted octanol–water partition coefficient (Wildman–Crippen LogP) is 16.4. The first kappa shape index (κ1) is 34.5. The molecule has 1 nitrogen and oxygen atoms in total. The van der Waals surface area contributed by atoms with Crippen molar-refractivity contribution in [2.24, 2.45) is 0 Å². The lowest BCUT2D eigenvalue weighted by atomic mass is 9.93. The van der Waals surface area contributed by atoms with Crippen molar-refractivity contribution in [3.8, 4) is 44.5 Å². The van der Waals surface area contributed by atoms with Gasteiger partial charge in [0.2, 0.25) is 0 Å². The molecular weight excluding hydrogens is 711 g/mol. The van der Waals surface area contributed by atoms with Crippen LogP contribution in [0.4, 0.5) is 17.1 Å². The molecule has 0 fully saturated rings. The normalized spacial score (nSPS) is 11.4. The van der Waals surface area contributed by atoms with Gasteiger partial charge in [0.05, 0.1) is 0 Å². The molecular formula is C58H39N. The van der Waals surface area contributed by atoms with Crippen LogP contribution in [-0.2, 0) is 0 Å². The van der Waals surface area contributed by atoms with Crippen molar-refractivity contribution in [2.75, 3.05) is 4.90 Å². The van der Waals surface area contributed by atoms with E-state index in [1.165, 1.54) is 87.6 Å². The summed E-state index contributed by atoms with van der Waals surface area (Å²) in [5.41, 5.74) is 13.0. The van der Waals surface area contributed by atoms with Crippen LogP contribution < -0.4 is 4.90 Å².